The molecule has 0 bridgehead atoms. The number of amides is 1. The Kier molecular flexibility index (Phi) is 4.83. The van der Waals surface area contributed by atoms with Gasteiger partial charge in [0.05, 0.1) is 10.9 Å². The van der Waals surface area contributed by atoms with Gasteiger partial charge in [-0.3, -0.25) is 19.1 Å². The summed E-state index contributed by atoms with van der Waals surface area (Å²) in [6.07, 6.45) is 3.50. The molecule has 0 saturated carbocycles. The Morgan fingerprint density at radius 3 is 2.83 bits per heavy atom. The van der Waals surface area contributed by atoms with Gasteiger partial charge in [-0.05, 0) is 37.3 Å². The molecule has 1 aliphatic rings. The van der Waals surface area contributed by atoms with E-state index in [1.807, 2.05) is 4.90 Å². The van der Waals surface area contributed by atoms with Gasteiger partial charge in [0.15, 0.2) is 0 Å². The molecule has 1 aromatic carbocycles. The molecule has 0 radical (unpaired) electrons. The van der Waals surface area contributed by atoms with Crippen LogP contribution in [0.4, 0.5) is 0 Å². The molecule has 0 aliphatic carbocycles. The Morgan fingerprint density at radius 1 is 1.21 bits per heavy atom. The van der Waals surface area contributed by atoms with Crippen molar-refractivity contribution in [1.82, 2.24) is 14.5 Å². The topological polar surface area (TPSA) is 75.2 Å². The molecule has 2 heterocycles. The number of benzene rings is 1. The first-order chi connectivity index (χ1) is 11.6. The third-order valence-corrected chi connectivity index (χ3v) is 4.82. The number of fused-ring (bicyclic) bond motifs is 1. The van der Waals surface area contributed by atoms with Crippen LogP contribution >= 0.6 is 0 Å². The summed E-state index contributed by atoms with van der Waals surface area (Å²) in [4.78, 5) is 40.7. The highest BCUT2D eigenvalue weighted by molar-refractivity contribution is 5.79. The zero-order chi connectivity index (χ0) is 17.1. The van der Waals surface area contributed by atoms with Crippen LogP contribution in [0.2, 0.25) is 0 Å². The van der Waals surface area contributed by atoms with Gasteiger partial charge in [0.25, 0.3) is 5.56 Å². The molecule has 2 aromatic rings. The van der Waals surface area contributed by atoms with Crippen molar-refractivity contribution in [3.8, 4) is 0 Å². The number of likely N-dealkylation sites (tertiary alicyclic amines) is 1. The van der Waals surface area contributed by atoms with Crippen LogP contribution in [0.1, 0.15) is 32.6 Å². The Hall–Kier alpha value is -2.37. The van der Waals surface area contributed by atoms with Crippen LogP contribution < -0.4 is 11.2 Å². The van der Waals surface area contributed by atoms with Crippen molar-refractivity contribution in [2.75, 3.05) is 13.1 Å². The predicted molar refractivity (Wildman–Crippen MR) is 93.0 cm³/mol. The zero-order valence-electron chi connectivity index (χ0n) is 14.0. The Bertz CT molecular complexity index is 852. The van der Waals surface area contributed by atoms with Crippen molar-refractivity contribution in [2.45, 2.75) is 39.2 Å². The highest BCUT2D eigenvalue weighted by Gasteiger charge is 2.18. The number of hydrogen-bond donors (Lipinski definition) is 1. The third-order valence-electron chi connectivity index (χ3n) is 4.82. The number of nitrogens with one attached hydrogen (secondary N) is 1. The summed E-state index contributed by atoms with van der Waals surface area (Å²) in [5.74, 6) is 0.736. The third kappa shape index (κ3) is 3.42. The number of aromatic amines is 1. The van der Waals surface area contributed by atoms with Crippen molar-refractivity contribution < 1.29 is 4.79 Å². The molecule has 0 unspecified atom stereocenters. The lowest BCUT2D eigenvalue weighted by Crippen LogP contribution is -2.35. The van der Waals surface area contributed by atoms with Crippen LogP contribution in [-0.4, -0.2) is 33.4 Å². The summed E-state index contributed by atoms with van der Waals surface area (Å²) in [6.45, 7) is 4.09. The number of carbonyl (C=O) groups is 1. The first-order valence-electron chi connectivity index (χ1n) is 8.56. The lowest BCUT2D eigenvalue weighted by atomic mass is 10.0. The standard InChI is InChI=1S/C18H23N3O3/c1-13-5-4-10-20(11-8-13)16(22)9-12-21-15-7-3-2-6-14(15)17(23)19-18(21)24/h2-3,6-7,13H,4-5,8-12H2,1H3,(H,19,23,24)/t13-/m0/s1. The lowest BCUT2D eigenvalue weighted by Gasteiger charge is -2.21. The molecule has 6 heteroatoms. The second-order valence-electron chi connectivity index (χ2n) is 6.59. The fraction of sp³-hybridized carbons (Fsp3) is 0.500. The summed E-state index contributed by atoms with van der Waals surface area (Å²) >= 11 is 0. The second kappa shape index (κ2) is 7.03. The van der Waals surface area contributed by atoms with Gasteiger partial charge in [-0.15, -0.1) is 0 Å². The molecule has 1 N–H and O–H groups in total. The molecule has 1 saturated heterocycles. The summed E-state index contributed by atoms with van der Waals surface area (Å²) in [7, 11) is 0. The van der Waals surface area contributed by atoms with E-state index in [4.69, 9.17) is 0 Å². The summed E-state index contributed by atoms with van der Waals surface area (Å²) in [5.41, 5.74) is -0.279. The van der Waals surface area contributed by atoms with Crippen LogP contribution in [0.15, 0.2) is 33.9 Å². The average Bonchev–Trinajstić information content (AvgIpc) is 2.79. The van der Waals surface area contributed by atoms with Crippen LogP contribution in [0.3, 0.4) is 0 Å². The van der Waals surface area contributed by atoms with E-state index in [1.54, 1.807) is 24.3 Å². The largest absolute Gasteiger partial charge is 0.343 e. The number of carbonyl (C=O) groups excluding carboxylic acids is 1. The minimum Gasteiger partial charge on any atom is -0.343 e. The first-order valence-corrected chi connectivity index (χ1v) is 8.56. The summed E-state index contributed by atoms with van der Waals surface area (Å²) in [6, 6.07) is 6.97. The van der Waals surface area contributed by atoms with Crippen molar-refractivity contribution in [3.63, 3.8) is 0 Å². The van der Waals surface area contributed by atoms with Gasteiger partial charge in [-0.25, -0.2) is 4.79 Å². The van der Waals surface area contributed by atoms with Crippen LogP contribution in [0.5, 0.6) is 0 Å². The van der Waals surface area contributed by atoms with E-state index in [0.717, 1.165) is 32.4 Å². The Morgan fingerprint density at radius 2 is 2.00 bits per heavy atom. The average molecular weight is 329 g/mol. The fourth-order valence-corrected chi connectivity index (χ4v) is 3.34. The van der Waals surface area contributed by atoms with E-state index in [2.05, 4.69) is 11.9 Å². The maximum absolute atomic E-state index is 12.5. The quantitative estimate of drug-likeness (QED) is 0.932. The molecule has 3 rings (SSSR count). The van der Waals surface area contributed by atoms with Gasteiger partial charge in [0, 0.05) is 26.1 Å². The van der Waals surface area contributed by atoms with E-state index in [1.165, 1.54) is 4.57 Å². The summed E-state index contributed by atoms with van der Waals surface area (Å²) in [5, 5.41) is 0.466. The fourth-order valence-electron chi connectivity index (χ4n) is 3.34. The predicted octanol–water partition coefficient (Wildman–Crippen LogP) is 1.73. The van der Waals surface area contributed by atoms with E-state index in [-0.39, 0.29) is 24.4 Å². The minimum absolute atomic E-state index is 0.0753. The molecule has 24 heavy (non-hydrogen) atoms. The normalized spacial score (nSPS) is 18.5. The van der Waals surface area contributed by atoms with Crippen molar-refractivity contribution in [1.29, 1.82) is 0 Å². The molecular formula is C18H23N3O3. The van der Waals surface area contributed by atoms with Crippen molar-refractivity contribution in [3.05, 3.63) is 45.1 Å². The van der Waals surface area contributed by atoms with Crippen molar-refractivity contribution in [2.24, 2.45) is 5.92 Å². The molecule has 1 aliphatic heterocycles. The minimum atomic E-state index is -0.462. The molecule has 1 atom stereocenters. The smallest absolute Gasteiger partial charge is 0.328 e. The molecule has 1 aromatic heterocycles. The molecule has 0 spiro atoms. The van der Waals surface area contributed by atoms with Gasteiger partial charge in [0.2, 0.25) is 5.91 Å². The maximum Gasteiger partial charge on any atom is 0.328 e. The van der Waals surface area contributed by atoms with Crippen LogP contribution in [-0.2, 0) is 11.3 Å². The number of nitrogens with zero attached hydrogens (tertiary/aromatic N) is 2. The number of rotatable bonds is 3. The van der Waals surface area contributed by atoms with E-state index in [9.17, 15) is 14.4 Å². The molecule has 1 amide bonds. The van der Waals surface area contributed by atoms with Crippen LogP contribution in [0.25, 0.3) is 10.9 Å². The molecular weight excluding hydrogens is 306 g/mol. The lowest BCUT2D eigenvalue weighted by molar-refractivity contribution is -0.131. The molecule has 1 fully saturated rings. The number of H-pyrrole nitrogens is 1. The summed E-state index contributed by atoms with van der Waals surface area (Å²) < 4.78 is 1.48. The zero-order valence-corrected chi connectivity index (χ0v) is 14.0. The van der Waals surface area contributed by atoms with Gasteiger partial charge in [-0.2, -0.15) is 0 Å². The van der Waals surface area contributed by atoms with Gasteiger partial charge in [0.1, 0.15) is 0 Å². The van der Waals surface area contributed by atoms with Gasteiger partial charge in [-0.1, -0.05) is 19.1 Å². The monoisotopic (exact) mass is 329 g/mol. The van der Waals surface area contributed by atoms with Crippen LogP contribution in [0, 0.1) is 5.92 Å². The molecule has 128 valence electrons. The SMILES string of the molecule is C[C@H]1CCCN(C(=O)CCn2c(=O)[nH]c(=O)c3ccccc32)CC1. The molecule has 6 nitrogen and oxygen atoms in total. The highest BCUT2D eigenvalue weighted by atomic mass is 16.2. The Labute approximate surface area is 140 Å². The number of aryl methyl sites for hydroxylation is 1. The number of hydrogen-bond acceptors (Lipinski definition) is 3. The highest BCUT2D eigenvalue weighted by Crippen LogP contribution is 2.17. The van der Waals surface area contributed by atoms with E-state index < -0.39 is 5.69 Å². The second-order valence-corrected chi connectivity index (χ2v) is 6.59. The number of para-hydroxylation sites is 1. The first kappa shape index (κ1) is 16.5. The van der Waals surface area contributed by atoms with E-state index in [0.29, 0.717) is 16.8 Å². The van der Waals surface area contributed by atoms with Crippen molar-refractivity contribution >= 4 is 16.8 Å². The number of aromatic nitrogens is 2. The van der Waals surface area contributed by atoms with E-state index >= 15 is 0 Å². The van der Waals surface area contributed by atoms with Gasteiger partial charge < -0.3 is 4.90 Å². The Balaban J connectivity index is 1.77. The maximum atomic E-state index is 12.5. The van der Waals surface area contributed by atoms with Gasteiger partial charge >= 0.3 is 5.69 Å².